The van der Waals surface area contributed by atoms with Crippen LogP contribution in [0.5, 0.6) is 0 Å². The smallest absolute Gasteiger partial charge is 0.0339 e. The van der Waals surface area contributed by atoms with Gasteiger partial charge in [0.15, 0.2) is 0 Å². The zero-order valence-electron chi connectivity index (χ0n) is 4.91. The van der Waals surface area contributed by atoms with Crippen LogP contribution in [0.1, 0.15) is 6.42 Å². The molecule has 1 heteroatoms. The maximum absolute atomic E-state index is 3.46. The molecule has 1 N–H and O–H groups in total. The minimum absolute atomic E-state index is 0.576. The Morgan fingerprint density at radius 2 is 2.50 bits per heavy atom. The van der Waals surface area contributed by atoms with Crippen molar-refractivity contribution in [1.82, 2.24) is 5.32 Å². The van der Waals surface area contributed by atoms with E-state index in [2.05, 4.69) is 24.1 Å². The van der Waals surface area contributed by atoms with E-state index >= 15 is 0 Å². The number of hydrogen-bond acceptors (Lipinski definition) is 1. The van der Waals surface area contributed by atoms with Crippen molar-refractivity contribution < 1.29 is 0 Å². The fourth-order valence-corrected chi connectivity index (χ4v) is 0.922. The van der Waals surface area contributed by atoms with Gasteiger partial charge in [0.25, 0.3) is 0 Å². The zero-order valence-corrected chi connectivity index (χ0v) is 4.91. The van der Waals surface area contributed by atoms with Gasteiger partial charge < -0.3 is 5.32 Å². The van der Waals surface area contributed by atoms with Crippen molar-refractivity contribution in [2.75, 3.05) is 13.1 Å². The fourth-order valence-electron chi connectivity index (χ4n) is 0.922. The van der Waals surface area contributed by atoms with Crippen LogP contribution in [0.25, 0.3) is 0 Å². The van der Waals surface area contributed by atoms with Crippen LogP contribution in [-0.2, 0) is 0 Å². The second kappa shape index (κ2) is 2.74. The Labute approximate surface area is 50.5 Å². The lowest BCUT2D eigenvalue weighted by molar-refractivity contribution is 0.755. The highest BCUT2D eigenvalue weighted by Crippen LogP contribution is 2.03. The van der Waals surface area contributed by atoms with Crippen LogP contribution in [0, 0.1) is 24.7 Å². The van der Waals surface area contributed by atoms with E-state index in [-0.39, 0.29) is 0 Å². The minimum Gasteiger partial charge on any atom is -0.315 e. The first-order valence-corrected chi connectivity index (χ1v) is 2.92. The predicted octanol–water partition coefficient (Wildman–Crippen LogP) is 0.433. The Bertz CT molecular complexity index is 112. The standard InChI is InChI=1S/C7H10N/c1-2-3-7-4-5-8-6-7/h7-8H,1,4-6H2. The largest absolute Gasteiger partial charge is 0.315 e. The summed E-state index contributed by atoms with van der Waals surface area (Å²) in [4.78, 5) is 0. The highest BCUT2D eigenvalue weighted by molar-refractivity contribution is 5.07. The molecule has 1 atom stereocenters. The van der Waals surface area contributed by atoms with E-state index in [9.17, 15) is 0 Å². The third-order valence-electron chi connectivity index (χ3n) is 1.37. The predicted molar refractivity (Wildman–Crippen MR) is 34.1 cm³/mol. The van der Waals surface area contributed by atoms with E-state index < -0.39 is 0 Å². The molecule has 0 aromatic carbocycles. The summed E-state index contributed by atoms with van der Waals surface area (Å²) in [5, 5.41) is 3.23. The van der Waals surface area contributed by atoms with Gasteiger partial charge in [-0.05, 0) is 13.0 Å². The van der Waals surface area contributed by atoms with Gasteiger partial charge in [-0.3, -0.25) is 0 Å². The molecule has 1 heterocycles. The topological polar surface area (TPSA) is 12.0 Å². The van der Waals surface area contributed by atoms with Crippen molar-refractivity contribution in [3.63, 3.8) is 0 Å². The van der Waals surface area contributed by atoms with Crippen LogP contribution in [-0.4, -0.2) is 13.1 Å². The second-order valence-corrected chi connectivity index (χ2v) is 2.01. The molecule has 0 bridgehead atoms. The van der Waals surface area contributed by atoms with Gasteiger partial charge in [0.1, 0.15) is 0 Å². The normalized spacial score (nSPS) is 26.9. The lowest BCUT2D eigenvalue weighted by atomic mass is 10.1. The Kier molecular flexibility index (Phi) is 1.93. The van der Waals surface area contributed by atoms with Gasteiger partial charge in [-0.25, -0.2) is 0 Å². The molecule has 1 fully saturated rings. The number of nitrogens with one attached hydrogen (secondary N) is 1. The first-order chi connectivity index (χ1) is 3.93. The van der Waals surface area contributed by atoms with Crippen LogP contribution in [0.3, 0.4) is 0 Å². The van der Waals surface area contributed by atoms with Crippen molar-refractivity contribution >= 4 is 0 Å². The van der Waals surface area contributed by atoms with Gasteiger partial charge in [-0.2, -0.15) is 0 Å². The van der Waals surface area contributed by atoms with Crippen LogP contribution in [0.2, 0.25) is 0 Å². The SMILES string of the molecule is [CH2]C#CC1CCNC1. The first-order valence-electron chi connectivity index (χ1n) is 2.92. The van der Waals surface area contributed by atoms with Gasteiger partial charge in [0.05, 0.1) is 0 Å². The summed E-state index contributed by atoms with van der Waals surface area (Å²) < 4.78 is 0. The Morgan fingerprint density at radius 3 is 3.00 bits per heavy atom. The number of rotatable bonds is 0. The molecular weight excluding hydrogens is 98.1 g/mol. The third kappa shape index (κ3) is 1.24. The minimum atomic E-state index is 0.576. The summed E-state index contributed by atoms with van der Waals surface area (Å²) in [6.07, 6.45) is 1.20. The Morgan fingerprint density at radius 1 is 1.62 bits per heavy atom. The van der Waals surface area contributed by atoms with Crippen molar-refractivity contribution in [3.05, 3.63) is 6.92 Å². The molecule has 0 aromatic heterocycles. The monoisotopic (exact) mass is 108 g/mol. The van der Waals surface area contributed by atoms with Gasteiger partial charge in [0, 0.05) is 19.4 Å². The average Bonchev–Trinajstić information content (AvgIpc) is 2.19. The van der Waals surface area contributed by atoms with Crippen molar-refractivity contribution in [1.29, 1.82) is 0 Å². The molecule has 43 valence electrons. The van der Waals surface area contributed by atoms with E-state index in [1.54, 1.807) is 0 Å². The maximum Gasteiger partial charge on any atom is 0.0339 e. The van der Waals surface area contributed by atoms with Crippen molar-refractivity contribution in [2.45, 2.75) is 6.42 Å². The number of hydrogen-bond donors (Lipinski definition) is 1. The van der Waals surface area contributed by atoms with Crippen molar-refractivity contribution in [3.8, 4) is 11.8 Å². The van der Waals surface area contributed by atoms with Gasteiger partial charge >= 0.3 is 0 Å². The second-order valence-electron chi connectivity index (χ2n) is 2.01. The van der Waals surface area contributed by atoms with E-state index in [1.807, 2.05) is 0 Å². The molecule has 1 unspecified atom stereocenters. The van der Waals surface area contributed by atoms with Crippen LogP contribution < -0.4 is 5.32 Å². The quantitative estimate of drug-likeness (QED) is 0.444. The van der Waals surface area contributed by atoms with Gasteiger partial charge in [-0.15, -0.1) is 5.92 Å². The molecule has 1 radical (unpaired) electrons. The van der Waals surface area contributed by atoms with E-state index in [0.717, 1.165) is 13.1 Å². The van der Waals surface area contributed by atoms with Crippen LogP contribution in [0.4, 0.5) is 0 Å². The molecule has 8 heavy (non-hydrogen) atoms. The summed E-state index contributed by atoms with van der Waals surface area (Å²) in [5.74, 6) is 6.27. The summed E-state index contributed by atoms with van der Waals surface area (Å²) in [6, 6.07) is 0. The third-order valence-corrected chi connectivity index (χ3v) is 1.37. The zero-order chi connectivity index (χ0) is 5.82. The molecule has 1 saturated heterocycles. The summed E-state index contributed by atoms with van der Waals surface area (Å²) >= 11 is 0. The maximum atomic E-state index is 3.46. The molecule has 1 rings (SSSR count). The molecular formula is C7H10N. The van der Waals surface area contributed by atoms with Crippen LogP contribution >= 0.6 is 0 Å². The van der Waals surface area contributed by atoms with Gasteiger partial charge in [-0.1, -0.05) is 5.92 Å². The molecule has 0 saturated carbocycles. The molecule has 0 aliphatic carbocycles. The highest BCUT2D eigenvalue weighted by atomic mass is 14.9. The van der Waals surface area contributed by atoms with E-state index in [0.29, 0.717) is 5.92 Å². The summed E-state index contributed by atoms with van der Waals surface area (Å²) in [7, 11) is 0. The lowest BCUT2D eigenvalue weighted by Gasteiger charge is -1.91. The molecule has 0 amide bonds. The Hall–Kier alpha value is -0.480. The lowest BCUT2D eigenvalue weighted by Crippen LogP contribution is -2.07. The average molecular weight is 108 g/mol. The fraction of sp³-hybridized carbons (Fsp3) is 0.571. The highest BCUT2D eigenvalue weighted by Gasteiger charge is 2.09. The van der Waals surface area contributed by atoms with Gasteiger partial charge in [0.2, 0.25) is 0 Å². The molecule has 1 nitrogen and oxygen atoms in total. The molecule has 1 aliphatic heterocycles. The summed E-state index contributed by atoms with van der Waals surface area (Å²) in [5.41, 5.74) is 0. The van der Waals surface area contributed by atoms with Crippen molar-refractivity contribution in [2.24, 2.45) is 5.92 Å². The van der Waals surface area contributed by atoms with E-state index in [4.69, 9.17) is 0 Å². The molecule has 0 spiro atoms. The molecule has 0 aromatic rings. The first kappa shape index (κ1) is 5.65. The van der Waals surface area contributed by atoms with E-state index in [1.165, 1.54) is 6.42 Å². The Balaban J connectivity index is 2.32. The summed E-state index contributed by atoms with van der Waals surface area (Å²) in [6.45, 7) is 5.64. The van der Waals surface area contributed by atoms with Crippen LogP contribution in [0.15, 0.2) is 0 Å². The molecule has 1 aliphatic rings.